The van der Waals surface area contributed by atoms with Gasteiger partial charge in [-0.25, -0.2) is 4.99 Å². The van der Waals surface area contributed by atoms with Gasteiger partial charge in [-0.2, -0.15) is 0 Å². The Morgan fingerprint density at radius 3 is 2.38 bits per heavy atom. The third-order valence-corrected chi connectivity index (χ3v) is 3.88. The Labute approximate surface area is 130 Å². The zero-order chi connectivity index (χ0) is 16.5. The molecule has 0 radical (unpaired) electrons. The van der Waals surface area contributed by atoms with Crippen LogP contribution in [0.3, 0.4) is 0 Å². The number of hydrogen-bond acceptors (Lipinski definition) is 2. The Balaban J connectivity index is 0. The number of guanidine groups is 1. The molecule has 0 spiro atoms. The van der Waals surface area contributed by atoms with Crippen LogP contribution in [-0.2, 0) is 4.57 Å². The van der Waals surface area contributed by atoms with Crippen molar-refractivity contribution in [3.05, 3.63) is 24.3 Å². The van der Waals surface area contributed by atoms with Crippen molar-refractivity contribution in [2.24, 2.45) is 9.98 Å². The minimum Gasteiger partial charge on any atom is -0.324 e. The lowest BCUT2D eigenvalue weighted by Crippen LogP contribution is -2.13. The van der Waals surface area contributed by atoms with Gasteiger partial charge in [-0.15, -0.1) is 0 Å². The molecule has 5 heteroatoms. The van der Waals surface area contributed by atoms with Crippen LogP contribution in [0.25, 0.3) is 0 Å². The lowest BCUT2D eigenvalue weighted by Gasteiger charge is -2.11. The summed E-state index contributed by atoms with van der Waals surface area (Å²) < 4.78 is 12.1. The second-order valence-corrected chi connectivity index (χ2v) is 8.10. The largest absolute Gasteiger partial charge is 0.324 e. The van der Waals surface area contributed by atoms with Gasteiger partial charge < -0.3 is 9.88 Å². The van der Waals surface area contributed by atoms with Crippen LogP contribution in [0.4, 0.5) is 5.69 Å². The van der Waals surface area contributed by atoms with E-state index in [0.717, 1.165) is 16.7 Å². The Kier molecular flexibility index (Phi) is 8.87. The van der Waals surface area contributed by atoms with E-state index in [1.165, 1.54) is 0 Å². The van der Waals surface area contributed by atoms with Gasteiger partial charge in [-0.3, -0.25) is 4.99 Å². The lowest BCUT2D eigenvalue weighted by atomic mass is 10.3. The van der Waals surface area contributed by atoms with E-state index in [0.29, 0.717) is 12.5 Å². The molecule has 4 nitrogen and oxygen atoms in total. The third kappa shape index (κ3) is 7.81. The lowest BCUT2D eigenvalue weighted by molar-refractivity contribution is 0.588. The average molecular weight is 311 g/mol. The molecular weight excluding hydrogens is 281 g/mol. The maximum absolute atomic E-state index is 12.1. The van der Waals surface area contributed by atoms with Crippen LogP contribution < -0.4 is 10.6 Å². The van der Waals surface area contributed by atoms with E-state index in [1.807, 2.05) is 58.9 Å². The molecule has 0 atom stereocenters. The maximum Gasteiger partial charge on any atom is 0.222 e. The standard InChI is InChI=1S/C14H22N3OP.C2H6.H2/c1-6-15-14(16-11(2)3)17-12-8-7-9-13(10-12)19(4,5)18;1-2;/h7-10H,6H2,1-5H3,(H,15,17);1-2H3;1H. The van der Waals surface area contributed by atoms with E-state index in [-0.39, 0.29) is 1.43 Å². The highest BCUT2D eigenvalue weighted by Crippen LogP contribution is 2.35. The molecule has 0 aliphatic rings. The predicted octanol–water partition coefficient (Wildman–Crippen LogP) is 4.48. The van der Waals surface area contributed by atoms with Crippen molar-refractivity contribution in [1.82, 2.24) is 0 Å². The summed E-state index contributed by atoms with van der Waals surface area (Å²) >= 11 is 0. The molecule has 0 aliphatic carbocycles. The van der Waals surface area contributed by atoms with Gasteiger partial charge in [0, 0.05) is 24.7 Å². The van der Waals surface area contributed by atoms with E-state index in [2.05, 4.69) is 15.3 Å². The topological polar surface area (TPSA) is 53.8 Å². The fourth-order valence-electron chi connectivity index (χ4n) is 1.51. The number of aliphatic imine (C=N–C) groups is 2. The van der Waals surface area contributed by atoms with E-state index in [9.17, 15) is 4.57 Å². The summed E-state index contributed by atoms with van der Waals surface area (Å²) in [5, 5.41) is 4.02. The number of anilines is 1. The molecule has 1 rings (SSSR count). The fourth-order valence-corrected chi connectivity index (χ4v) is 2.41. The van der Waals surface area contributed by atoms with Gasteiger partial charge in [-0.1, -0.05) is 26.0 Å². The number of nitrogens with zero attached hydrogens (tertiary/aromatic N) is 2. The molecule has 1 aromatic carbocycles. The van der Waals surface area contributed by atoms with Crippen molar-refractivity contribution in [3.8, 4) is 0 Å². The molecule has 0 unspecified atom stereocenters. The summed E-state index contributed by atoms with van der Waals surface area (Å²) in [6.07, 6.45) is 0. The summed E-state index contributed by atoms with van der Waals surface area (Å²) in [5.41, 5.74) is 1.80. The monoisotopic (exact) mass is 311 g/mol. The molecule has 0 aliphatic heterocycles. The highest BCUT2D eigenvalue weighted by atomic mass is 31.2. The molecule has 0 saturated carbocycles. The van der Waals surface area contributed by atoms with Crippen LogP contribution in [0.2, 0.25) is 0 Å². The summed E-state index contributed by atoms with van der Waals surface area (Å²) in [6, 6.07) is 7.59. The van der Waals surface area contributed by atoms with Crippen molar-refractivity contribution in [2.75, 3.05) is 25.2 Å². The minimum atomic E-state index is -2.25. The van der Waals surface area contributed by atoms with Crippen molar-refractivity contribution in [3.63, 3.8) is 0 Å². The molecule has 1 N–H and O–H groups in total. The maximum atomic E-state index is 12.1. The minimum absolute atomic E-state index is 0. The molecule has 120 valence electrons. The first kappa shape index (κ1) is 19.6. The van der Waals surface area contributed by atoms with Gasteiger partial charge in [0.15, 0.2) is 0 Å². The summed E-state index contributed by atoms with van der Waals surface area (Å²) in [4.78, 5) is 8.64. The summed E-state index contributed by atoms with van der Waals surface area (Å²) in [6.45, 7) is 14.0. The van der Waals surface area contributed by atoms with E-state index < -0.39 is 7.14 Å². The van der Waals surface area contributed by atoms with E-state index in [1.54, 1.807) is 13.3 Å². The smallest absolute Gasteiger partial charge is 0.222 e. The second kappa shape index (κ2) is 9.51. The number of hydrogen-bond donors (Lipinski definition) is 1. The molecule has 0 heterocycles. The Hall–Kier alpha value is -1.41. The molecule has 0 amide bonds. The fraction of sp³-hybridized carbons (Fsp3) is 0.500. The first-order valence-electron chi connectivity index (χ1n) is 7.32. The Morgan fingerprint density at radius 1 is 1.29 bits per heavy atom. The normalized spacial score (nSPS) is 11.3. The first-order valence-corrected chi connectivity index (χ1v) is 9.92. The molecule has 0 saturated heterocycles. The summed E-state index contributed by atoms with van der Waals surface area (Å²) in [5.74, 6) is 0.585. The van der Waals surface area contributed by atoms with E-state index >= 15 is 0 Å². The van der Waals surface area contributed by atoms with Crippen LogP contribution in [0.5, 0.6) is 0 Å². The summed E-state index contributed by atoms with van der Waals surface area (Å²) in [7, 11) is -2.25. The van der Waals surface area contributed by atoms with Crippen molar-refractivity contribution < 1.29 is 5.99 Å². The third-order valence-electron chi connectivity index (χ3n) is 2.36. The molecular formula is C16H30N3OP. The van der Waals surface area contributed by atoms with Gasteiger partial charge in [0.05, 0.1) is 0 Å². The van der Waals surface area contributed by atoms with E-state index in [4.69, 9.17) is 0 Å². The van der Waals surface area contributed by atoms with Crippen molar-refractivity contribution in [1.29, 1.82) is 0 Å². The van der Waals surface area contributed by atoms with Gasteiger partial charge in [-0.05, 0) is 46.2 Å². The molecule has 0 fully saturated rings. The predicted molar refractivity (Wildman–Crippen MR) is 99.4 cm³/mol. The van der Waals surface area contributed by atoms with Gasteiger partial charge >= 0.3 is 0 Å². The molecule has 1 aromatic rings. The zero-order valence-electron chi connectivity index (χ0n) is 14.3. The first-order chi connectivity index (χ1) is 9.82. The van der Waals surface area contributed by atoms with Crippen LogP contribution >= 0.6 is 7.14 Å². The SMILES string of the molecule is CC.CCN=C(N=C(C)C)Nc1cccc(P(C)(C)=O)c1.[HH]. The average Bonchev–Trinajstić information content (AvgIpc) is 2.40. The Morgan fingerprint density at radius 2 is 1.90 bits per heavy atom. The van der Waals surface area contributed by atoms with Crippen LogP contribution in [-0.4, -0.2) is 31.5 Å². The van der Waals surface area contributed by atoms with Gasteiger partial charge in [0.2, 0.25) is 5.96 Å². The zero-order valence-corrected chi connectivity index (χ0v) is 15.2. The van der Waals surface area contributed by atoms with Gasteiger partial charge in [0.25, 0.3) is 0 Å². The molecule has 21 heavy (non-hydrogen) atoms. The highest BCUT2D eigenvalue weighted by Gasteiger charge is 2.11. The van der Waals surface area contributed by atoms with Crippen LogP contribution in [0.15, 0.2) is 34.3 Å². The van der Waals surface area contributed by atoms with Gasteiger partial charge in [0.1, 0.15) is 7.14 Å². The van der Waals surface area contributed by atoms with Crippen molar-refractivity contribution >= 4 is 29.8 Å². The second-order valence-electron chi connectivity index (χ2n) is 4.88. The number of rotatable bonds is 3. The Bertz CT molecular complexity index is 546. The molecule has 0 aromatic heterocycles. The highest BCUT2D eigenvalue weighted by molar-refractivity contribution is 7.70. The van der Waals surface area contributed by atoms with Crippen molar-refractivity contribution in [2.45, 2.75) is 34.6 Å². The van der Waals surface area contributed by atoms with Crippen LogP contribution in [0, 0.1) is 0 Å². The van der Waals surface area contributed by atoms with Crippen LogP contribution in [0.1, 0.15) is 36.0 Å². The number of nitrogens with one attached hydrogen (secondary N) is 1. The molecule has 0 bridgehead atoms. The number of benzene rings is 1. The quantitative estimate of drug-likeness (QED) is 0.508.